The molecular weight excluding hydrogens is 328 g/mol. The first-order chi connectivity index (χ1) is 11.2. The van der Waals surface area contributed by atoms with Gasteiger partial charge in [0.2, 0.25) is 0 Å². The Balaban J connectivity index is 2.23. The van der Waals surface area contributed by atoms with E-state index in [1.165, 1.54) is 4.90 Å². The number of benzene rings is 2. The Labute approximate surface area is 146 Å². The van der Waals surface area contributed by atoms with Crippen molar-refractivity contribution in [1.82, 2.24) is 0 Å². The number of nitrogens with zero attached hydrogens (tertiary/aromatic N) is 1. The Morgan fingerprint density at radius 1 is 1.12 bits per heavy atom. The summed E-state index contributed by atoms with van der Waals surface area (Å²) >= 11 is 5.95. The second-order valence-electron chi connectivity index (χ2n) is 6.32. The second-order valence-corrected chi connectivity index (χ2v) is 6.76. The number of halogens is 1. The van der Waals surface area contributed by atoms with Gasteiger partial charge in [-0.15, -0.1) is 0 Å². The Hall–Kier alpha value is -2.40. The van der Waals surface area contributed by atoms with Crippen LogP contribution in [-0.4, -0.2) is 18.7 Å². The Kier molecular flexibility index (Phi) is 5.24. The van der Waals surface area contributed by atoms with E-state index in [1.54, 1.807) is 70.3 Å². The van der Waals surface area contributed by atoms with E-state index in [-0.39, 0.29) is 0 Å². The van der Waals surface area contributed by atoms with Crippen LogP contribution in [0.1, 0.15) is 20.8 Å². The highest BCUT2D eigenvalue weighted by Gasteiger charge is 2.22. The number of anilines is 2. The number of ether oxygens (including phenoxy) is 2. The van der Waals surface area contributed by atoms with Crippen molar-refractivity contribution in [3.8, 4) is 11.5 Å². The summed E-state index contributed by atoms with van der Waals surface area (Å²) in [5.41, 5.74) is 6.34. The summed E-state index contributed by atoms with van der Waals surface area (Å²) in [6, 6.07) is 12.1. The number of nitrogen functional groups attached to an aromatic ring is 1. The molecule has 0 unspecified atom stereocenters. The van der Waals surface area contributed by atoms with Crippen LogP contribution in [0.3, 0.4) is 0 Å². The minimum atomic E-state index is -0.588. The lowest BCUT2D eigenvalue weighted by Crippen LogP contribution is -2.34. The molecular formula is C18H21ClN2O3. The van der Waals surface area contributed by atoms with Gasteiger partial charge in [0.15, 0.2) is 0 Å². The van der Waals surface area contributed by atoms with E-state index >= 15 is 0 Å². The van der Waals surface area contributed by atoms with Crippen molar-refractivity contribution in [1.29, 1.82) is 0 Å². The van der Waals surface area contributed by atoms with E-state index < -0.39 is 11.7 Å². The van der Waals surface area contributed by atoms with E-state index in [0.717, 1.165) is 0 Å². The highest BCUT2D eigenvalue weighted by atomic mass is 35.5. The second kappa shape index (κ2) is 7.01. The molecule has 2 N–H and O–H groups in total. The lowest BCUT2D eigenvalue weighted by Gasteiger charge is -2.25. The van der Waals surface area contributed by atoms with E-state index in [1.807, 2.05) is 0 Å². The summed E-state index contributed by atoms with van der Waals surface area (Å²) < 4.78 is 11.1. The Morgan fingerprint density at radius 2 is 1.79 bits per heavy atom. The van der Waals surface area contributed by atoms with Crippen LogP contribution in [0.15, 0.2) is 42.5 Å². The van der Waals surface area contributed by atoms with Crippen LogP contribution in [0.2, 0.25) is 5.02 Å². The van der Waals surface area contributed by atoms with Crippen LogP contribution in [0.25, 0.3) is 0 Å². The molecule has 0 heterocycles. The zero-order valence-corrected chi connectivity index (χ0v) is 14.9. The first-order valence-electron chi connectivity index (χ1n) is 7.45. The van der Waals surface area contributed by atoms with Crippen molar-refractivity contribution in [2.75, 3.05) is 17.7 Å². The molecule has 128 valence electrons. The van der Waals surface area contributed by atoms with E-state index in [9.17, 15) is 4.79 Å². The van der Waals surface area contributed by atoms with E-state index in [0.29, 0.717) is 27.9 Å². The third-order valence-electron chi connectivity index (χ3n) is 3.06. The number of hydrogen-bond acceptors (Lipinski definition) is 4. The maximum atomic E-state index is 12.2. The molecule has 6 heteroatoms. The molecule has 0 aliphatic heterocycles. The maximum Gasteiger partial charge on any atom is 0.414 e. The van der Waals surface area contributed by atoms with Crippen LogP contribution in [0.5, 0.6) is 11.5 Å². The van der Waals surface area contributed by atoms with Crippen molar-refractivity contribution >= 4 is 29.1 Å². The molecule has 0 fully saturated rings. The molecule has 2 aromatic carbocycles. The van der Waals surface area contributed by atoms with Crippen molar-refractivity contribution in [3.63, 3.8) is 0 Å². The monoisotopic (exact) mass is 348 g/mol. The summed E-state index contributed by atoms with van der Waals surface area (Å²) in [6.45, 7) is 5.42. The molecule has 2 rings (SSSR count). The molecule has 1 amide bonds. The first-order valence-corrected chi connectivity index (χ1v) is 7.83. The molecule has 0 radical (unpaired) electrons. The Morgan fingerprint density at radius 3 is 2.42 bits per heavy atom. The van der Waals surface area contributed by atoms with Crippen molar-refractivity contribution in [2.45, 2.75) is 26.4 Å². The van der Waals surface area contributed by atoms with Gasteiger partial charge in [-0.05, 0) is 51.1 Å². The van der Waals surface area contributed by atoms with Gasteiger partial charge in [0, 0.05) is 18.1 Å². The van der Waals surface area contributed by atoms with Gasteiger partial charge >= 0.3 is 6.09 Å². The van der Waals surface area contributed by atoms with Crippen LogP contribution < -0.4 is 15.4 Å². The maximum absolute atomic E-state index is 12.2. The quantitative estimate of drug-likeness (QED) is 0.785. The molecule has 2 aromatic rings. The average molecular weight is 349 g/mol. The minimum Gasteiger partial charge on any atom is -0.457 e. The van der Waals surface area contributed by atoms with Crippen molar-refractivity contribution in [3.05, 3.63) is 47.5 Å². The lowest BCUT2D eigenvalue weighted by atomic mass is 10.2. The predicted octanol–water partition coefficient (Wildman–Crippen LogP) is 5.09. The summed E-state index contributed by atoms with van der Waals surface area (Å²) in [5, 5.41) is 0.578. The van der Waals surface area contributed by atoms with Gasteiger partial charge in [-0.25, -0.2) is 4.79 Å². The number of carbonyl (C=O) groups is 1. The normalized spacial score (nSPS) is 11.0. The van der Waals surface area contributed by atoms with E-state index in [4.69, 9.17) is 26.8 Å². The molecule has 0 atom stereocenters. The third kappa shape index (κ3) is 4.80. The summed E-state index contributed by atoms with van der Waals surface area (Å²) in [6.07, 6.45) is -0.492. The van der Waals surface area contributed by atoms with Gasteiger partial charge in [0.25, 0.3) is 0 Å². The smallest absolute Gasteiger partial charge is 0.414 e. The number of carbonyl (C=O) groups excluding carboxylic acids is 1. The standard InChI is InChI=1S/C18H21ClN2O3/c1-18(2,3)24-17(22)21(4)16-11-14(8-9-15(16)20)23-13-7-5-6-12(19)10-13/h5-11H,20H2,1-4H3. The van der Waals surface area contributed by atoms with Gasteiger partial charge < -0.3 is 15.2 Å². The predicted molar refractivity (Wildman–Crippen MR) is 97.0 cm³/mol. The zero-order chi connectivity index (χ0) is 17.9. The first kappa shape index (κ1) is 17.9. The SMILES string of the molecule is CN(C(=O)OC(C)(C)C)c1cc(Oc2cccc(Cl)c2)ccc1N. The number of nitrogens with two attached hydrogens (primary N) is 1. The molecule has 0 aliphatic rings. The van der Waals surface area contributed by atoms with Crippen LogP contribution >= 0.6 is 11.6 Å². The number of amides is 1. The zero-order valence-electron chi connectivity index (χ0n) is 14.2. The van der Waals surface area contributed by atoms with Crippen LogP contribution in [0.4, 0.5) is 16.2 Å². The van der Waals surface area contributed by atoms with Gasteiger partial charge in [0.1, 0.15) is 17.1 Å². The molecule has 5 nitrogen and oxygen atoms in total. The van der Waals surface area contributed by atoms with Crippen molar-refractivity contribution < 1.29 is 14.3 Å². The van der Waals surface area contributed by atoms with E-state index in [2.05, 4.69) is 0 Å². The fourth-order valence-corrected chi connectivity index (χ4v) is 2.15. The Bertz CT molecular complexity index is 741. The summed E-state index contributed by atoms with van der Waals surface area (Å²) in [7, 11) is 1.60. The topological polar surface area (TPSA) is 64.8 Å². The fourth-order valence-electron chi connectivity index (χ4n) is 1.97. The molecule has 24 heavy (non-hydrogen) atoms. The molecule has 0 aliphatic carbocycles. The van der Waals surface area contributed by atoms with Gasteiger partial charge in [0.05, 0.1) is 11.4 Å². The highest BCUT2D eigenvalue weighted by molar-refractivity contribution is 6.30. The fraction of sp³-hybridized carbons (Fsp3) is 0.278. The van der Waals surface area contributed by atoms with Gasteiger partial charge in [-0.3, -0.25) is 4.90 Å². The van der Waals surface area contributed by atoms with Crippen molar-refractivity contribution in [2.24, 2.45) is 0 Å². The highest BCUT2D eigenvalue weighted by Crippen LogP contribution is 2.31. The molecule has 0 spiro atoms. The average Bonchev–Trinajstić information content (AvgIpc) is 2.47. The van der Waals surface area contributed by atoms with Crippen LogP contribution in [0, 0.1) is 0 Å². The lowest BCUT2D eigenvalue weighted by molar-refractivity contribution is 0.0589. The minimum absolute atomic E-state index is 0.446. The largest absolute Gasteiger partial charge is 0.457 e. The van der Waals surface area contributed by atoms with Gasteiger partial charge in [-0.1, -0.05) is 17.7 Å². The number of hydrogen-bond donors (Lipinski definition) is 1. The molecule has 0 bridgehead atoms. The summed E-state index contributed by atoms with van der Waals surface area (Å²) in [4.78, 5) is 13.6. The van der Waals surface area contributed by atoms with Gasteiger partial charge in [-0.2, -0.15) is 0 Å². The number of rotatable bonds is 3. The third-order valence-corrected chi connectivity index (χ3v) is 3.30. The summed E-state index contributed by atoms with van der Waals surface area (Å²) in [5.74, 6) is 1.13. The van der Waals surface area contributed by atoms with Crippen LogP contribution in [-0.2, 0) is 4.74 Å². The molecule has 0 saturated carbocycles. The molecule has 0 saturated heterocycles. The molecule has 0 aromatic heterocycles.